The normalized spacial score (nSPS) is 11.3. The Bertz CT molecular complexity index is 736. The lowest BCUT2D eigenvalue weighted by atomic mass is 10.1. The number of benzene rings is 1. The molecule has 0 aliphatic carbocycles. The predicted molar refractivity (Wildman–Crippen MR) is 89.1 cm³/mol. The van der Waals surface area contributed by atoms with Crippen molar-refractivity contribution >= 4 is 40.8 Å². The summed E-state index contributed by atoms with van der Waals surface area (Å²) in [7, 11) is 1.30. The Morgan fingerprint density at radius 3 is 2.68 bits per heavy atom. The van der Waals surface area contributed by atoms with Crippen molar-refractivity contribution in [3.63, 3.8) is 0 Å². The van der Waals surface area contributed by atoms with E-state index in [0.717, 1.165) is 0 Å². The molecule has 6 heteroatoms. The summed E-state index contributed by atoms with van der Waals surface area (Å²) in [6.07, 6.45) is 3.47. The summed E-state index contributed by atoms with van der Waals surface area (Å²) < 4.78 is 6.29. The number of rotatable bonds is 5. The van der Waals surface area contributed by atoms with Gasteiger partial charge in [0.1, 0.15) is 5.70 Å². The molecule has 2 aromatic rings. The molecule has 0 fully saturated rings. The number of aromatic nitrogens is 1. The highest BCUT2D eigenvalue weighted by Crippen LogP contribution is 2.20. The van der Waals surface area contributed by atoms with Gasteiger partial charge in [0.15, 0.2) is 0 Å². The van der Waals surface area contributed by atoms with Gasteiger partial charge in [0, 0.05) is 22.2 Å². The van der Waals surface area contributed by atoms with Crippen molar-refractivity contribution in [3.8, 4) is 0 Å². The number of esters is 1. The molecule has 1 heterocycles. The molecule has 114 valence electrons. The smallest absolute Gasteiger partial charge is 0.355 e. The minimum absolute atomic E-state index is 0.219. The van der Waals surface area contributed by atoms with E-state index in [1.807, 2.05) is 6.26 Å². The Morgan fingerprint density at radius 2 is 2.05 bits per heavy atom. The van der Waals surface area contributed by atoms with Crippen LogP contribution in [-0.2, 0) is 9.53 Å². The fraction of sp³-hybridized carbons (Fsp3) is 0.125. The minimum Gasteiger partial charge on any atom is -0.464 e. The second-order valence-electron chi connectivity index (χ2n) is 4.33. The Labute approximate surface area is 137 Å². The van der Waals surface area contributed by atoms with Gasteiger partial charge < -0.3 is 9.30 Å². The molecule has 4 nitrogen and oxygen atoms in total. The lowest BCUT2D eigenvalue weighted by Gasteiger charge is -2.11. The fourth-order valence-corrected chi connectivity index (χ4v) is 2.60. The lowest BCUT2D eigenvalue weighted by molar-refractivity contribution is -0.134. The van der Waals surface area contributed by atoms with E-state index in [0.29, 0.717) is 16.3 Å². The SMILES string of the molecule is COC(=O)C(=CSC)n1cccc1C(=O)c1cccc(Cl)c1. The highest BCUT2D eigenvalue weighted by Gasteiger charge is 2.19. The molecule has 0 atom stereocenters. The van der Waals surface area contributed by atoms with Crippen LogP contribution in [0, 0.1) is 0 Å². The first-order chi connectivity index (χ1) is 10.6. The third kappa shape index (κ3) is 3.43. The minimum atomic E-state index is -0.509. The molecule has 0 radical (unpaired) electrons. The quantitative estimate of drug-likeness (QED) is 0.475. The van der Waals surface area contributed by atoms with Crippen LogP contribution in [0.2, 0.25) is 5.02 Å². The monoisotopic (exact) mass is 335 g/mol. The molecule has 0 spiro atoms. The molecule has 0 saturated heterocycles. The average molecular weight is 336 g/mol. The van der Waals surface area contributed by atoms with Gasteiger partial charge in [-0.15, -0.1) is 11.8 Å². The van der Waals surface area contributed by atoms with E-state index in [2.05, 4.69) is 0 Å². The van der Waals surface area contributed by atoms with Crippen LogP contribution in [-0.4, -0.2) is 29.7 Å². The highest BCUT2D eigenvalue weighted by molar-refractivity contribution is 8.01. The number of ether oxygens (including phenoxy) is 1. The van der Waals surface area contributed by atoms with Crippen molar-refractivity contribution in [1.82, 2.24) is 4.57 Å². The van der Waals surface area contributed by atoms with Crippen molar-refractivity contribution in [3.05, 3.63) is 64.3 Å². The molecule has 1 aromatic heterocycles. The van der Waals surface area contributed by atoms with Gasteiger partial charge in [0.25, 0.3) is 0 Å². The molecule has 0 amide bonds. The number of ketones is 1. The Balaban J connectivity index is 2.47. The molecule has 1 aromatic carbocycles. The number of thioether (sulfide) groups is 1. The Kier molecular flexibility index (Phi) is 5.46. The van der Waals surface area contributed by atoms with Crippen LogP contribution < -0.4 is 0 Å². The van der Waals surface area contributed by atoms with Gasteiger partial charge >= 0.3 is 5.97 Å². The molecular weight excluding hydrogens is 322 g/mol. The number of nitrogens with zero attached hydrogens (tertiary/aromatic N) is 1. The summed E-state index contributed by atoms with van der Waals surface area (Å²) in [4.78, 5) is 24.5. The molecule has 22 heavy (non-hydrogen) atoms. The van der Waals surface area contributed by atoms with E-state index in [9.17, 15) is 9.59 Å². The van der Waals surface area contributed by atoms with Crippen molar-refractivity contribution in [2.45, 2.75) is 0 Å². The number of hydrogen-bond donors (Lipinski definition) is 0. The first kappa shape index (κ1) is 16.4. The number of carbonyl (C=O) groups is 2. The number of hydrogen-bond acceptors (Lipinski definition) is 4. The van der Waals surface area contributed by atoms with Gasteiger partial charge in [0.05, 0.1) is 12.8 Å². The summed E-state index contributed by atoms with van der Waals surface area (Å²) in [5, 5.41) is 2.12. The van der Waals surface area contributed by atoms with Crippen LogP contribution in [0.4, 0.5) is 0 Å². The van der Waals surface area contributed by atoms with Crippen LogP contribution >= 0.6 is 23.4 Å². The van der Waals surface area contributed by atoms with Crippen LogP contribution in [0.25, 0.3) is 5.70 Å². The first-order valence-corrected chi connectivity index (χ1v) is 8.04. The maximum atomic E-state index is 12.6. The van der Waals surface area contributed by atoms with Crippen LogP contribution in [0.5, 0.6) is 0 Å². The van der Waals surface area contributed by atoms with E-state index in [-0.39, 0.29) is 11.5 Å². The van der Waals surface area contributed by atoms with Crippen molar-refractivity contribution < 1.29 is 14.3 Å². The van der Waals surface area contributed by atoms with Crippen molar-refractivity contribution in [1.29, 1.82) is 0 Å². The van der Waals surface area contributed by atoms with E-state index in [1.165, 1.54) is 23.4 Å². The van der Waals surface area contributed by atoms with Gasteiger partial charge in [-0.3, -0.25) is 4.79 Å². The molecular formula is C16H14ClNO3S. The standard InChI is InChI=1S/C16H14ClNO3S/c1-21-16(20)14(10-22-2)18-8-4-7-13(18)15(19)11-5-3-6-12(17)9-11/h3-10H,1-2H3. The van der Waals surface area contributed by atoms with Gasteiger partial charge in [-0.05, 0) is 30.5 Å². The Hall–Kier alpha value is -1.98. The van der Waals surface area contributed by atoms with E-state index >= 15 is 0 Å². The third-order valence-electron chi connectivity index (χ3n) is 2.95. The first-order valence-electron chi connectivity index (χ1n) is 6.37. The molecule has 0 aliphatic heterocycles. The second kappa shape index (κ2) is 7.33. The summed E-state index contributed by atoms with van der Waals surface area (Å²) in [5.74, 6) is -0.728. The van der Waals surface area contributed by atoms with Crippen LogP contribution in [0.3, 0.4) is 0 Å². The summed E-state index contributed by atoms with van der Waals surface area (Å²) in [6, 6.07) is 10.0. The van der Waals surface area contributed by atoms with Crippen LogP contribution in [0.15, 0.2) is 48.0 Å². The molecule has 0 aliphatic rings. The summed E-state index contributed by atoms with van der Waals surface area (Å²) >= 11 is 7.28. The van der Waals surface area contributed by atoms with E-state index in [1.54, 1.807) is 48.0 Å². The van der Waals surface area contributed by atoms with Gasteiger partial charge in [-0.1, -0.05) is 23.7 Å². The Morgan fingerprint density at radius 1 is 1.27 bits per heavy atom. The van der Waals surface area contributed by atoms with E-state index < -0.39 is 5.97 Å². The average Bonchev–Trinajstić information content (AvgIpc) is 3.00. The van der Waals surface area contributed by atoms with Gasteiger partial charge in [-0.25, -0.2) is 4.79 Å². The number of carbonyl (C=O) groups excluding carboxylic acids is 2. The van der Waals surface area contributed by atoms with Crippen LogP contribution in [0.1, 0.15) is 16.1 Å². The van der Waals surface area contributed by atoms with Crippen molar-refractivity contribution in [2.75, 3.05) is 13.4 Å². The number of methoxy groups -OCH3 is 1. The highest BCUT2D eigenvalue weighted by atomic mass is 35.5. The fourth-order valence-electron chi connectivity index (χ4n) is 1.97. The topological polar surface area (TPSA) is 48.3 Å². The zero-order valence-electron chi connectivity index (χ0n) is 12.1. The largest absolute Gasteiger partial charge is 0.464 e. The maximum Gasteiger partial charge on any atom is 0.355 e. The maximum absolute atomic E-state index is 12.6. The molecule has 0 bridgehead atoms. The lowest BCUT2D eigenvalue weighted by Crippen LogP contribution is -2.15. The number of halogens is 1. The molecule has 0 N–H and O–H groups in total. The summed E-state index contributed by atoms with van der Waals surface area (Å²) in [6.45, 7) is 0. The predicted octanol–water partition coefficient (Wildman–Crippen LogP) is 3.71. The zero-order valence-corrected chi connectivity index (χ0v) is 13.6. The molecule has 2 rings (SSSR count). The van der Waals surface area contributed by atoms with Crippen molar-refractivity contribution in [2.24, 2.45) is 0 Å². The molecule has 0 saturated carbocycles. The molecule has 0 unspecified atom stereocenters. The van der Waals surface area contributed by atoms with Gasteiger partial charge in [0.2, 0.25) is 5.78 Å². The second-order valence-corrected chi connectivity index (χ2v) is 5.48. The summed E-state index contributed by atoms with van der Waals surface area (Å²) in [5.41, 5.74) is 1.11. The van der Waals surface area contributed by atoms with Gasteiger partial charge in [-0.2, -0.15) is 0 Å². The third-order valence-corrected chi connectivity index (χ3v) is 3.65. The van der Waals surface area contributed by atoms with E-state index in [4.69, 9.17) is 16.3 Å². The zero-order chi connectivity index (χ0) is 16.1.